The molecule has 0 saturated carbocycles. The second-order valence-corrected chi connectivity index (χ2v) is 1.83. The van der Waals surface area contributed by atoms with Gasteiger partial charge in [0.05, 0.1) is 12.8 Å². The van der Waals surface area contributed by atoms with E-state index in [1.807, 2.05) is 12.1 Å². The molecule has 0 amide bonds. The molecule has 53 valence electrons. The molecule has 0 aliphatic heterocycles. The van der Waals surface area contributed by atoms with E-state index in [-0.39, 0.29) is 0 Å². The minimum Gasteiger partial charge on any atom is -0.497 e. The first-order valence-corrected chi connectivity index (χ1v) is 2.92. The third kappa shape index (κ3) is 1.39. The lowest BCUT2D eigenvalue weighted by molar-refractivity contribution is 0.415. The van der Waals surface area contributed by atoms with Crippen LogP contribution in [0.1, 0.15) is 0 Å². The summed E-state index contributed by atoms with van der Waals surface area (Å²) in [6, 6.07) is 7.20. The summed E-state index contributed by atoms with van der Waals surface area (Å²) in [5.74, 6) is 5.84. The van der Waals surface area contributed by atoms with E-state index in [0.29, 0.717) is 0 Å². The van der Waals surface area contributed by atoms with Crippen LogP contribution in [-0.4, -0.2) is 7.11 Å². The Bertz CT molecular complexity index is 172. The van der Waals surface area contributed by atoms with Crippen molar-refractivity contribution in [3.8, 4) is 5.75 Å². The topological polar surface area (TPSA) is 49.4 Å². The van der Waals surface area contributed by atoms with Crippen LogP contribution in [-0.2, 0) is 0 Å². The van der Waals surface area contributed by atoms with E-state index >= 15 is 0 Å². The largest absolute Gasteiger partial charge is 0.497 e. The predicted molar refractivity (Wildman–Crippen MR) is 39.0 cm³/mol. The maximum atomic E-state index is 5.03. The van der Waals surface area contributed by atoms with Crippen LogP contribution < -0.4 is 16.0 Å². The number of methoxy groups -OCH3 is 1. The molecule has 1 rings (SSSR count). The number of ether oxygens (including phenoxy) is 1. The SMILES string of the molecule is COc1ccc([N]N)cc1. The van der Waals surface area contributed by atoms with Crippen LogP contribution in [0, 0.1) is 0 Å². The third-order valence-electron chi connectivity index (χ3n) is 1.22. The first-order chi connectivity index (χ1) is 4.86. The van der Waals surface area contributed by atoms with E-state index in [4.69, 9.17) is 10.6 Å². The van der Waals surface area contributed by atoms with Gasteiger partial charge in [-0.25, -0.2) is 11.3 Å². The average molecular weight is 137 g/mol. The highest BCUT2D eigenvalue weighted by molar-refractivity contribution is 5.39. The molecule has 1 aromatic carbocycles. The van der Waals surface area contributed by atoms with Crippen LogP contribution in [0.5, 0.6) is 5.75 Å². The number of hydrogen-bond acceptors (Lipinski definition) is 2. The van der Waals surface area contributed by atoms with Crippen molar-refractivity contribution < 1.29 is 4.74 Å². The number of benzene rings is 1. The summed E-state index contributed by atoms with van der Waals surface area (Å²) in [7, 11) is 1.62. The van der Waals surface area contributed by atoms with Crippen molar-refractivity contribution >= 4 is 5.69 Å². The van der Waals surface area contributed by atoms with Crippen molar-refractivity contribution in [3.05, 3.63) is 24.3 Å². The van der Waals surface area contributed by atoms with Crippen molar-refractivity contribution in [2.24, 2.45) is 5.84 Å². The van der Waals surface area contributed by atoms with Crippen LogP contribution in [0.2, 0.25) is 0 Å². The van der Waals surface area contributed by atoms with E-state index < -0.39 is 0 Å². The fourth-order valence-electron chi connectivity index (χ4n) is 0.668. The second-order valence-electron chi connectivity index (χ2n) is 1.83. The molecule has 1 radical (unpaired) electrons. The molecular weight excluding hydrogens is 128 g/mol. The highest BCUT2D eigenvalue weighted by Gasteiger charge is 1.90. The van der Waals surface area contributed by atoms with Gasteiger partial charge in [0.25, 0.3) is 0 Å². The Morgan fingerprint density at radius 3 is 2.30 bits per heavy atom. The molecule has 0 heterocycles. The molecule has 0 aliphatic rings. The van der Waals surface area contributed by atoms with Gasteiger partial charge in [-0.05, 0) is 24.3 Å². The normalized spacial score (nSPS) is 9.00. The highest BCUT2D eigenvalue weighted by Crippen LogP contribution is 2.13. The smallest absolute Gasteiger partial charge is 0.119 e. The molecule has 0 fully saturated rings. The molecule has 3 heteroatoms. The van der Waals surface area contributed by atoms with Gasteiger partial charge in [-0.3, -0.25) is 0 Å². The van der Waals surface area contributed by atoms with E-state index in [9.17, 15) is 0 Å². The Labute approximate surface area is 59.8 Å². The van der Waals surface area contributed by atoms with Gasteiger partial charge in [-0.15, -0.1) is 0 Å². The predicted octanol–water partition coefficient (Wildman–Crippen LogP) is 0.805. The second kappa shape index (κ2) is 3.08. The lowest BCUT2D eigenvalue weighted by atomic mass is 10.3. The first kappa shape index (κ1) is 6.89. The summed E-state index contributed by atoms with van der Waals surface area (Å²) < 4.78 is 4.93. The number of nitrogens with two attached hydrogens (primary N) is 1. The molecule has 2 N–H and O–H groups in total. The minimum atomic E-state index is 0.751. The fourth-order valence-corrected chi connectivity index (χ4v) is 0.668. The molecule has 0 aliphatic carbocycles. The number of rotatable bonds is 2. The minimum absolute atomic E-state index is 0.751. The quantitative estimate of drug-likeness (QED) is 0.484. The van der Waals surface area contributed by atoms with Crippen molar-refractivity contribution in [2.75, 3.05) is 7.11 Å². The van der Waals surface area contributed by atoms with Crippen LogP contribution in [0.4, 0.5) is 5.69 Å². The zero-order valence-corrected chi connectivity index (χ0v) is 5.74. The molecule has 3 nitrogen and oxygen atoms in total. The summed E-state index contributed by atoms with van der Waals surface area (Å²) in [4.78, 5) is 0. The zero-order valence-electron chi connectivity index (χ0n) is 5.74. The standard InChI is InChI=1S/C7H9N2O/c1-10-7-4-2-6(9-8)3-5-7/h2-5H,8H2,1H3. The monoisotopic (exact) mass is 137 g/mol. The van der Waals surface area contributed by atoms with Gasteiger partial charge in [0.2, 0.25) is 0 Å². The molecule has 0 saturated heterocycles. The van der Waals surface area contributed by atoms with Crippen LogP contribution >= 0.6 is 0 Å². The molecule has 0 bridgehead atoms. The van der Waals surface area contributed by atoms with Crippen molar-refractivity contribution in [1.29, 1.82) is 0 Å². The Kier molecular flexibility index (Phi) is 2.12. The fraction of sp³-hybridized carbons (Fsp3) is 0.143. The Balaban J connectivity index is 2.80. The average Bonchev–Trinajstić information content (AvgIpc) is 2.05. The van der Waals surface area contributed by atoms with Gasteiger partial charge in [0.1, 0.15) is 5.75 Å². The molecule has 0 aromatic heterocycles. The van der Waals surface area contributed by atoms with Gasteiger partial charge in [0, 0.05) is 0 Å². The van der Waals surface area contributed by atoms with Gasteiger partial charge in [-0.2, -0.15) is 0 Å². The maximum absolute atomic E-state index is 5.03. The van der Waals surface area contributed by atoms with Crippen LogP contribution in [0.25, 0.3) is 0 Å². The van der Waals surface area contributed by atoms with E-state index in [1.165, 1.54) is 0 Å². The molecule has 0 spiro atoms. The first-order valence-electron chi connectivity index (χ1n) is 2.92. The number of hydrogen-bond donors (Lipinski definition) is 1. The van der Waals surface area contributed by atoms with Gasteiger partial charge >= 0.3 is 0 Å². The molecule has 1 aromatic rings. The van der Waals surface area contributed by atoms with Crippen molar-refractivity contribution in [1.82, 2.24) is 5.43 Å². The van der Waals surface area contributed by atoms with Crippen LogP contribution in [0.3, 0.4) is 0 Å². The van der Waals surface area contributed by atoms with Crippen LogP contribution in [0.15, 0.2) is 24.3 Å². The van der Waals surface area contributed by atoms with Gasteiger partial charge in [0.15, 0.2) is 0 Å². The lowest BCUT2D eigenvalue weighted by Crippen LogP contribution is -2.04. The summed E-state index contributed by atoms with van der Waals surface area (Å²) in [6.45, 7) is 0. The molecule has 0 unspecified atom stereocenters. The van der Waals surface area contributed by atoms with E-state index in [2.05, 4.69) is 5.43 Å². The van der Waals surface area contributed by atoms with Gasteiger partial charge in [-0.1, -0.05) is 0 Å². The summed E-state index contributed by atoms with van der Waals surface area (Å²) in [5, 5.41) is 0. The highest BCUT2D eigenvalue weighted by atomic mass is 16.5. The molecule has 0 atom stereocenters. The van der Waals surface area contributed by atoms with E-state index in [0.717, 1.165) is 11.4 Å². The van der Waals surface area contributed by atoms with Crippen molar-refractivity contribution in [2.45, 2.75) is 0 Å². The van der Waals surface area contributed by atoms with Crippen molar-refractivity contribution in [3.63, 3.8) is 0 Å². The summed E-state index contributed by atoms with van der Waals surface area (Å²) in [5.41, 5.74) is 4.24. The van der Waals surface area contributed by atoms with Gasteiger partial charge < -0.3 is 4.74 Å². The maximum Gasteiger partial charge on any atom is 0.119 e. The summed E-state index contributed by atoms with van der Waals surface area (Å²) in [6.07, 6.45) is 0. The van der Waals surface area contributed by atoms with E-state index in [1.54, 1.807) is 19.2 Å². The Morgan fingerprint density at radius 1 is 1.30 bits per heavy atom. The molecular formula is C7H9N2O. The zero-order chi connectivity index (χ0) is 7.40. The summed E-state index contributed by atoms with van der Waals surface area (Å²) >= 11 is 0. The third-order valence-corrected chi connectivity index (χ3v) is 1.22. The number of nitrogens with zero attached hydrogens (tertiary/aromatic N) is 1. The Morgan fingerprint density at radius 2 is 1.90 bits per heavy atom. The lowest BCUT2D eigenvalue weighted by Gasteiger charge is -1.98. The molecule has 10 heavy (non-hydrogen) atoms. The Hall–Kier alpha value is -1.22.